The van der Waals surface area contributed by atoms with Gasteiger partial charge in [-0.1, -0.05) is 17.2 Å². The molecular weight excluding hydrogens is 362 g/mol. The Morgan fingerprint density at radius 2 is 2.00 bits per heavy atom. The summed E-state index contributed by atoms with van der Waals surface area (Å²) in [7, 11) is 0. The van der Waals surface area contributed by atoms with E-state index in [1.54, 1.807) is 4.90 Å². The molecule has 0 unspecified atom stereocenters. The lowest BCUT2D eigenvalue weighted by Crippen LogP contribution is -2.36. The largest absolute Gasteiger partial charge is 0.337 e. The summed E-state index contributed by atoms with van der Waals surface area (Å²) in [6.07, 6.45) is 0. The van der Waals surface area contributed by atoms with E-state index >= 15 is 0 Å². The fourth-order valence-corrected chi connectivity index (χ4v) is 2.71. The van der Waals surface area contributed by atoms with E-state index in [9.17, 15) is 4.79 Å². The van der Waals surface area contributed by atoms with Gasteiger partial charge in [0.25, 0.3) is 0 Å². The number of nitrogens with zero attached hydrogens (tertiary/aromatic N) is 5. The summed E-state index contributed by atoms with van der Waals surface area (Å²) in [5, 5.41) is 12.1. The highest BCUT2D eigenvalue weighted by molar-refractivity contribution is 9.10. The zero-order chi connectivity index (χ0) is 17.1. The van der Waals surface area contributed by atoms with Crippen LogP contribution in [0.4, 0.5) is 0 Å². The van der Waals surface area contributed by atoms with Crippen molar-refractivity contribution in [2.75, 3.05) is 6.54 Å². The third-order valence-electron chi connectivity index (χ3n) is 3.94. The van der Waals surface area contributed by atoms with Crippen molar-refractivity contribution in [1.82, 2.24) is 25.0 Å². The molecule has 0 aliphatic carbocycles. The molecule has 0 aliphatic heterocycles. The fourth-order valence-electron chi connectivity index (χ4n) is 2.42. The molecule has 2 aromatic heterocycles. The Morgan fingerprint density at radius 3 is 2.48 bits per heavy atom. The van der Waals surface area contributed by atoms with Gasteiger partial charge in [0.1, 0.15) is 11.4 Å². The summed E-state index contributed by atoms with van der Waals surface area (Å²) in [5.74, 6) is -0.112. The van der Waals surface area contributed by atoms with Gasteiger partial charge >= 0.3 is 0 Å². The molecule has 2 aromatic rings. The molecule has 0 radical (unpaired) electrons. The number of carbonyl (C=O) groups excluding carboxylic acids is 1. The molecule has 0 N–H and O–H groups in total. The first kappa shape index (κ1) is 17.7. The highest BCUT2D eigenvalue weighted by Crippen LogP contribution is 2.21. The maximum atomic E-state index is 12.7. The number of amides is 1. The van der Waals surface area contributed by atoms with Crippen LogP contribution in [0.25, 0.3) is 0 Å². The summed E-state index contributed by atoms with van der Waals surface area (Å²) in [4.78, 5) is 14.5. The number of carbonyl (C=O) groups is 1. The zero-order valence-electron chi connectivity index (χ0n) is 14.1. The molecule has 0 aromatic carbocycles. The minimum absolute atomic E-state index is 0.0681. The van der Waals surface area contributed by atoms with Gasteiger partial charge in [-0.05, 0) is 43.6 Å². The average Bonchev–Trinajstić information content (AvgIpc) is 3.03. The Kier molecular flexibility index (Phi) is 5.56. The third-order valence-corrected chi connectivity index (χ3v) is 5.09. The van der Waals surface area contributed by atoms with E-state index < -0.39 is 0 Å². The highest BCUT2D eigenvalue weighted by Gasteiger charge is 2.23. The van der Waals surface area contributed by atoms with Crippen LogP contribution in [-0.4, -0.2) is 37.4 Å². The van der Waals surface area contributed by atoms with Crippen LogP contribution in [-0.2, 0) is 17.9 Å². The summed E-state index contributed by atoms with van der Waals surface area (Å²) < 4.78 is 7.57. The van der Waals surface area contributed by atoms with Crippen LogP contribution in [0.2, 0.25) is 0 Å². The van der Waals surface area contributed by atoms with Gasteiger partial charge in [-0.2, -0.15) is 5.10 Å². The van der Waals surface area contributed by atoms with Crippen molar-refractivity contribution in [3.05, 3.63) is 27.2 Å². The minimum atomic E-state index is -0.181. The number of hydrogen-bond acceptors (Lipinski definition) is 5. The molecule has 0 bridgehead atoms. The summed E-state index contributed by atoms with van der Waals surface area (Å²) >= 11 is 3.51. The Hall–Kier alpha value is -1.70. The first-order valence-corrected chi connectivity index (χ1v) is 8.40. The first-order valence-electron chi connectivity index (χ1n) is 7.61. The number of rotatable bonds is 6. The van der Waals surface area contributed by atoms with E-state index in [0.717, 1.165) is 15.9 Å². The van der Waals surface area contributed by atoms with Crippen LogP contribution in [0.5, 0.6) is 0 Å². The molecule has 7 nitrogen and oxygen atoms in total. The van der Waals surface area contributed by atoms with E-state index in [1.165, 1.54) is 0 Å². The molecule has 23 heavy (non-hydrogen) atoms. The summed E-state index contributed by atoms with van der Waals surface area (Å²) in [5.41, 5.74) is 3.37. The molecule has 2 rings (SSSR count). The van der Waals surface area contributed by atoms with Gasteiger partial charge in [0.05, 0.1) is 29.2 Å². The molecule has 126 valence electrons. The second-order valence-electron chi connectivity index (χ2n) is 5.72. The lowest BCUT2D eigenvalue weighted by molar-refractivity contribution is -0.136. The summed E-state index contributed by atoms with van der Waals surface area (Å²) in [6, 6.07) is 0. The van der Waals surface area contributed by atoms with Gasteiger partial charge in [-0.3, -0.25) is 9.48 Å². The molecule has 0 saturated heterocycles. The molecular formula is C15H22BrN5O2. The fraction of sp³-hybridized carbons (Fsp3) is 0.600. The van der Waals surface area contributed by atoms with Crippen LogP contribution in [0.3, 0.4) is 0 Å². The third kappa shape index (κ3) is 3.80. The monoisotopic (exact) mass is 383 g/mol. The second-order valence-corrected chi connectivity index (χ2v) is 6.51. The van der Waals surface area contributed by atoms with Crippen LogP contribution in [0.1, 0.15) is 36.6 Å². The van der Waals surface area contributed by atoms with E-state index in [-0.39, 0.29) is 11.8 Å². The topological polar surface area (TPSA) is 77.0 Å². The molecule has 1 amide bonds. The number of aromatic nitrogens is 4. The predicted molar refractivity (Wildman–Crippen MR) is 88.7 cm³/mol. The maximum absolute atomic E-state index is 12.7. The van der Waals surface area contributed by atoms with Gasteiger partial charge in [0.15, 0.2) is 0 Å². The Balaban J connectivity index is 2.07. The van der Waals surface area contributed by atoms with Gasteiger partial charge in [-0.15, -0.1) is 0 Å². The first-order chi connectivity index (χ1) is 10.8. The van der Waals surface area contributed by atoms with Crippen molar-refractivity contribution in [3.63, 3.8) is 0 Å². The standard InChI is InChI=1S/C15H22BrN5O2/c1-6-20(8-13-10(3)18-23-19-13)15(22)9(2)7-21-12(5)14(16)11(4)17-21/h9H,6-8H2,1-5H3/t9-/m1/s1. The smallest absolute Gasteiger partial charge is 0.227 e. The Morgan fingerprint density at radius 1 is 1.30 bits per heavy atom. The van der Waals surface area contributed by atoms with Gasteiger partial charge in [0.2, 0.25) is 5.91 Å². The molecule has 0 fully saturated rings. The SMILES string of the molecule is CCN(Cc1nonc1C)C(=O)[C@H](C)Cn1nc(C)c(Br)c1C. The van der Waals surface area contributed by atoms with Crippen LogP contribution in [0, 0.1) is 26.7 Å². The lowest BCUT2D eigenvalue weighted by Gasteiger charge is -2.24. The molecule has 0 saturated carbocycles. The van der Waals surface area contributed by atoms with Gasteiger partial charge in [-0.25, -0.2) is 4.63 Å². The molecule has 0 aliphatic rings. The normalized spacial score (nSPS) is 12.4. The quantitative estimate of drug-likeness (QED) is 0.765. The maximum Gasteiger partial charge on any atom is 0.227 e. The van der Waals surface area contributed by atoms with Crippen molar-refractivity contribution in [3.8, 4) is 0 Å². The van der Waals surface area contributed by atoms with Crippen molar-refractivity contribution in [2.45, 2.75) is 47.7 Å². The van der Waals surface area contributed by atoms with Gasteiger partial charge < -0.3 is 4.90 Å². The minimum Gasteiger partial charge on any atom is -0.337 e. The zero-order valence-corrected chi connectivity index (χ0v) is 15.7. The van der Waals surface area contributed by atoms with Crippen molar-refractivity contribution >= 4 is 21.8 Å². The van der Waals surface area contributed by atoms with Crippen LogP contribution >= 0.6 is 15.9 Å². The number of aryl methyl sites for hydroxylation is 2. The molecule has 0 spiro atoms. The van der Waals surface area contributed by atoms with Crippen LogP contribution in [0.15, 0.2) is 9.10 Å². The summed E-state index contributed by atoms with van der Waals surface area (Å²) in [6.45, 7) is 11.2. The van der Waals surface area contributed by atoms with Crippen LogP contribution < -0.4 is 0 Å². The van der Waals surface area contributed by atoms with Crippen molar-refractivity contribution < 1.29 is 9.42 Å². The lowest BCUT2D eigenvalue weighted by atomic mass is 10.1. The number of hydrogen-bond donors (Lipinski definition) is 0. The van der Waals surface area contributed by atoms with Crippen molar-refractivity contribution in [2.24, 2.45) is 5.92 Å². The Labute approximate surface area is 144 Å². The molecule has 1 atom stereocenters. The Bertz CT molecular complexity index is 694. The van der Waals surface area contributed by atoms with E-state index in [4.69, 9.17) is 4.63 Å². The highest BCUT2D eigenvalue weighted by atomic mass is 79.9. The predicted octanol–water partition coefficient (Wildman–Crippen LogP) is 2.64. The van der Waals surface area contributed by atoms with Gasteiger partial charge in [0, 0.05) is 12.2 Å². The number of halogens is 1. The second kappa shape index (κ2) is 7.25. The van der Waals surface area contributed by atoms with Crippen molar-refractivity contribution in [1.29, 1.82) is 0 Å². The van der Waals surface area contributed by atoms with E-state index in [2.05, 4.69) is 31.3 Å². The van der Waals surface area contributed by atoms with E-state index in [1.807, 2.05) is 39.3 Å². The van der Waals surface area contributed by atoms with E-state index in [0.29, 0.717) is 31.0 Å². The molecule has 2 heterocycles. The average molecular weight is 384 g/mol. The molecule has 8 heteroatoms.